The molecular formula is C19H25N5O2. The van der Waals surface area contributed by atoms with E-state index in [0.29, 0.717) is 19.5 Å². The van der Waals surface area contributed by atoms with Crippen molar-refractivity contribution in [1.82, 2.24) is 25.0 Å². The number of aromatic nitrogens is 3. The van der Waals surface area contributed by atoms with Gasteiger partial charge in [-0.3, -0.25) is 19.3 Å². The molecule has 7 heteroatoms. The highest BCUT2D eigenvalue weighted by Crippen LogP contribution is 2.31. The Morgan fingerprint density at radius 1 is 1.31 bits per heavy atom. The fourth-order valence-corrected chi connectivity index (χ4v) is 3.31. The lowest BCUT2D eigenvalue weighted by molar-refractivity contribution is -0.132. The highest BCUT2D eigenvalue weighted by atomic mass is 16.2. The molecule has 1 fully saturated rings. The van der Waals surface area contributed by atoms with E-state index in [2.05, 4.69) is 15.4 Å². The van der Waals surface area contributed by atoms with Gasteiger partial charge in [-0.15, -0.1) is 0 Å². The van der Waals surface area contributed by atoms with Crippen LogP contribution in [0, 0.1) is 6.92 Å². The molecule has 0 saturated carbocycles. The van der Waals surface area contributed by atoms with E-state index < -0.39 is 0 Å². The summed E-state index contributed by atoms with van der Waals surface area (Å²) in [6.45, 7) is 5.18. The van der Waals surface area contributed by atoms with Gasteiger partial charge in [-0.1, -0.05) is 6.07 Å². The maximum absolute atomic E-state index is 12.7. The molecule has 0 radical (unpaired) electrons. The molecule has 1 saturated heterocycles. The van der Waals surface area contributed by atoms with E-state index in [-0.39, 0.29) is 17.9 Å². The zero-order chi connectivity index (χ0) is 18.5. The van der Waals surface area contributed by atoms with E-state index in [0.717, 1.165) is 36.5 Å². The van der Waals surface area contributed by atoms with Gasteiger partial charge < -0.3 is 10.2 Å². The average Bonchev–Trinajstić information content (AvgIpc) is 3.27. The normalized spacial score (nSPS) is 16.7. The Kier molecular flexibility index (Phi) is 5.65. The summed E-state index contributed by atoms with van der Waals surface area (Å²) in [7, 11) is 0. The van der Waals surface area contributed by atoms with Crippen LogP contribution in [-0.2, 0) is 22.7 Å². The lowest BCUT2D eigenvalue weighted by Crippen LogP contribution is -2.32. The van der Waals surface area contributed by atoms with Gasteiger partial charge in [0.05, 0.1) is 29.7 Å². The quantitative estimate of drug-likeness (QED) is 0.859. The number of carbonyl (C=O) groups excluding carboxylic acids is 2. The Hall–Kier alpha value is -2.70. The van der Waals surface area contributed by atoms with Gasteiger partial charge in [0.2, 0.25) is 11.8 Å². The maximum atomic E-state index is 12.7. The number of nitrogens with one attached hydrogen (secondary N) is 1. The van der Waals surface area contributed by atoms with Crippen LogP contribution in [0.25, 0.3) is 0 Å². The Morgan fingerprint density at radius 2 is 2.15 bits per heavy atom. The van der Waals surface area contributed by atoms with E-state index in [1.54, 1.807) is 0 Å². The third-order valence-corrected chi connectivity index (χ3v) is 4.59. The summed E-state index contributed by atoms with van der Waals surface area (Å²) in [4.78, 5) is 30.4. The summed E-state index contributed by atoms with van der Waals surface area (Å²) >= 11 is 0. The molecule has 2 aromatic rings. The number of nitrogens with zero attached hydrogens (tertiary/aromatic N) is 4. The van der Waals surface area contributed by atoms with Gasteiger partial charge in [0.25, 0.3) is 0 Å². The summed E-state index contributed by atoms with van der Waals surface area (Å²) < 4.78 is 1.81. The fraction of sp³-hybridized carbons (Fsp3) is 0.474. The molecule has 7 nitrogen and oxygen atoms in total. The van der Waals surface area contributed by atoms with Crippen LogP contribution in [0.3, 0.4) is 0 Å². The first-order chi connectivity index (χ1) is 12.5. The molecule has 26 heavy (non-hydrogen) atoms. The van der Waals surface area contributed by atoms with Crippen LogP contribution in [0.2, 0.25) is 0 Å². The second-order valence-electron chi connectivity index (χ2n) is 6.68. The van der Waals surface area contributed by atoms with Crippen molar-refractivity contribution in [3.8, 4) is 0 Å². The number of aryl methyl sites for hydroxylation is 2. The lowest BCUT2D eigenvalue weighted by atomic mass is 10.1. The minimum Gasteiger partial charge on any atom is -0.351 e. The van der Waals surface area contributed by atoms with Crippen molar-refractivity contribution < 1.29 is 9.59 Å². The molecule has 2 amide bonds. The van der Waals surface area contributed by atoms with Gasteiger partial charge in [-0.25, -0.2) is 0 Å². The van der Waals surface area contributed by atoms with E-state index >= 15 is 0 Å². The Bertz CT molecular complexity index is 786. The summed E-state index contributed by atoms with van der Waals surface area (Å²) in [5.41, 5.74) is 2.66. The molecule has 1 aliphatic rings. The molecule has 0 bridgehead atoms. The molecule has 1 atom stereocenters. The smallest absolute Gasteiger partial charge is 0.224 e. The number of hydrogen-bond donors (Lipinski definition) is 1. The summed E-state index contributed by atoms with van der Waals surface area (Å²) in [5, 5.41) is 7.09. The third kappa shape index (κ3) is 4.47. The highest BCUT2D eigenvalue weighted by Gasteiger charge is 2.30. The van der Waals surface area contributed by atoms with Crippen LogP contribution in [0.1, 0.15) is 49.3 Å². The van der Waals surface area contributed by atoms with Gasteiger partial charge in [-0.2, -0.15) is 5.10 Å². The van der Waals surface area contributed by atoms with Crippen molar-refractivity contribution in [3.05, 3.63) is 47.5 Å². The number of pyridine rings is 1. The van der Waals surface area contributed by atoms with Gasteiger partial charge in [0, 0.05) is 32.6 Å². The van der Waals surface area contributed by atoms with E-state index in [1.807, 2.05) is 47.0 Å². The van der Waals surface area contributed by atoms with Crippen LogP contribution in [0.15, 0.2) is 30.5 Å². The molecule has 0 aliphatic carbocycles. The highest BCUT2D eigenvalue weighted by molar-refractivity contribution is 5.77. The maximum Gasteiger partial charge on any atom is 0.224 e. The molecule has 1 N–H and O–H groups in total. The topological polar surface area (TPSA) is 80.1 Å². The largest absolute Gasteiger partial charge is 0.351 e. The molecular weight excluding hydrogens is 330 g/mol. The zero-order valence-electron chi connectivity index (χ0n) is 15.3. The minimum absolute atomic E-state index is 0.0131. The number of carbonyl (C=O) groups is 2. The Balaban J connectivity index is 1.64. The SMILES string of the molecule is CC(=O)NCc1cccc([C@@H]2CCCN2C(=O)CCn2ccc(C)n2)n1. The summed E-state index contributed by atoms with van der Waals surface area (Å²) in [5.74, 6) is 0.0541. The standard InChI is InChI=1S/C19H25N5O2/c1-14-8-11-23(22-14)12-9-19(26)24-10-4-7-18(24)17-6-3-5-16(21-17)13-20-15(2)25/h3,5-6,8,11,18H,4,7,9-10,12-13H2,1-2H3,(H,20,25)/t18-/m0/s1. The second-order valence-corrected chi connectivity index (χ2v) is 6.68. The molecule has 3 heterocycles. The van der Waals surface area contributed by atoms with Crippen molar-refractivity contribution >= 4 is 11.8 Å². The first kappa shape index (κ1) is 18.1. The van der Waals surface area contributed by atoms with Gasteiger partial charge in [0.15, 0.2) is 0 Å². The van der Waals surface area contributed by atoms with Crippen molar-refractivity contribution in [3.63, 3.8) is 0 Å². The van der Waals surface area contributed by atoms with Gasteiger partial charge in [0.1, 0.15) is 0 Å². The van der Waals surface area contributed by atoms with E-state index in [4.69, 9.17) is 0 Å². The van der Waals surface area contributed by atoms with Crippen molar-refractivity contribution in [2.75, 3.05) is 6.54 Å². The molecule has 3 rings (SSSR count). The Morgan fingerprint density at radius 3 is 2.88 bits per heavy atom. The number of hydrogen-bond acceptors (Lipinski definition) is 4. The van der Waals surface area contributed by atoms with Crippen LogP contribution >= 0.6 is 0 Å². The van der Waals surface area contributed by atoms with E-state index in [1.165, 1.54) is 6.92 Å². The molecule has 138 valence electrons. The average molecular weight is 355 g/mol. The Labute approximate surface area is 153 Å². The third-order valence-electron chi connectivity index (χ3n) is 4.59. The molecule has 0 unspecified atom stereocenters. The van der Waals surface area contributed by atoms with Crippen molar-refractivity contribution in [2.24, 2.45) is 0 Å². The monoisotopic (exact) mass is 355 g/mol. The van der Waals surface area contributed by atoms with Crippen molar-refractivity contribution in [1.29, 1.82) is 0 Å². The van der Waals surface area contributed by atoms with E-state index in [9.17, 15) is 9.59 Å². The number of amides is 2. The summed E-state index contributed by atoms with van der Waals surface area (Å²) in [6, 6.07) is 7.74. The lowest BCUT2D eigenvalue weighted by Gasteiger charge is -2.24. The number of rotatable bonds is 6. The van der Waals surface area contributed by atoms with Gasteiger partial charge in [-0.05, 0) is 38.0 Å². The van der Waals surface area contributed by atoms with Crippen LogP contribution in [-0.4, -0.2) is 38.0 Å². The molecule has 1 aliphatic heterocycles. The second kappa shape index (κ2) is 8.12. The van der Waals surface area contributed by atoms with Crippen molar-refractivity contribution in [2.45, 2.75) is 52.2 Å². The van der Waals surface area contributed by atoms with Crippen LogP contribution in [0.5, 0.6) is 0 Å². The fourth-order valence-electron chi connectivity index (χ4n) is 3.31. The number of likely N-dealkylation sites (tertiary alicyclic amines) is 1. The minimum atomic E-state index is -0.0799. The molecule has 0 aromatic carbocycles. The first-order valence-electron chi connectivity index (χ1n) is 9.03. The zero-order valence-corrected chi connectivity index (χ0v) is 15.3. The van der Waals surface area contributed by atoms with Gasteiger partial charge >= 0.3 is 0 Å². The predicted octanol–water partition coefficient (Wildman–Crippen LogP) is 1.98. The summed E-state index contributed by atoms with van der Waals surface area (Å²) in [6.07, 6.45) is 4.23. The molecule has 2 aromatic heterocycles. The predicted molar refractivity (Wildman–Crippen MR) is 97.0 cm³/mol. The van der Waals surface area contributed by atoms with Crippen LogP contribution < -0.4 is 5.32 Å². The molecule has 0 spiro atoms. The van der Waals surface area contributed by atoms with Crippen LogP contribution in [0.4, 0.5) is 0 Å². The first-order valence-corrected chi connectivity index (χ1v) is 9.03.